The third-order valence-electron chi connectivity index (χ3n) is 5.92. The number of nitrogens with zero attached hydrogens (tertiary/aromatic N) is 1. The van der Waals surface area contributed by atoms with Crippen LogP contribution in [0.15, 0.2) is 29.2 Å². The molecule has 1 saturated carbocycles. The monoisotopic (exact) mass is 319 g/mol. The van der Waals surface area contributed by atoms with Gasteiger partial charge in [-0.05, 0) is 62.0 Å². The number of hydrogen-bond donors (Lipinski definition) is 0. The van der Waals surface area contributed by atoms with Gasteiger partial charge < -0.3 is 0 Å². The van der Waals surface area contributed by atoms with E-state index in [2.05, 4.69) is 70.3 Å². The van der Waals surface area contributed by atoms with Crippen molar-refractivity contribution in [1.29, 1.82) is 0 Å². The summed E-state index contributed by atoms with van der Waals surface area (Å²) < 4.78 is 0. The zero-order valence-electron chi connectivity index (χ0n) is 14.7. The molecule has 0 spiro atoms. The average molecular weight is 320 g/mol. The fourth-order valence-corrected chi connectivity index (χ4v) is 5.32. The Morgan fingerprint density at radius 3 is 2.36 bits per heavy atom. The molecule has 1 heterocycles. The maximum absolute atomic E-state index is 6.16. The van der Waals surface area contributed by atoms with Crippen LogP contribution in [0.25, 0.3) is 0 Å². The third-order valence-corrected chi connectivity index (χ3v) is 6.66. The summed E-state index contributed by atoms with van der Waals surface area (Å²) >= 11 is 1.81. The molecule has 1 aromatic carbocycles. The highest BCUT2D eigenvalue weighted by Gasteiger charge is 2.55. The zero-order valence-corrected chi connectivity index (χ0v) is 15.5. The number of hydroxylamine groups is 2. The Balaban J connectivity index is 1.92. The molecule has 0 radical (unpaired) electrons. The maximum Gasteiger partial charge on any atom is 0.0887 e. The highest BCUT2D eigenvalue weighted by molar-refractivity contribution is 7.98. The molecule has 2 fully saturated rings. The van der Waals surface area contributed by atoms with Gasteiger partial charge >= 0.3 is 0 Å². The van der Waals surface area contributed by atoms with Crippen molar-refractivity contribution < 1.29 is 4.84 Å². The Morgan fingerprint density at radius 2 is 1.77 bits per heavy atom. The predicted octanol–water partition coefficient (Wildman–Crippen LogP) is 4.74. The molecule has 3 rings (SSSR count). The van der Waals surface area contributed by atoms with Crippen LogP contribution < -0.4 is 0 Å². The number of thioether (sulfide) groups is 1. The van der Waals surface area contributed by atoms with Gasteiger partial charge in [0.25, 0.3) is 0 Å². The molecule has 2 nitrogen and oxygen atoms in total. The van der Waals surface area contributed by atoms with Crippen molar-refractivity contribution in [2.45, 2.75) is 62.5 Å². The molecule has 2 aliphatic rings. The molecule has 1 aromatic rings. The van der Waals surface area contributed by atoms with E-state index in [9.17, 15) is 0 Å². The number of benzene rings is 1. The molecule has 0 amide bonds. The minimum Gasteiger partial charge on any atom is -0.293 e. The second-order valence-electron chi connectivity index (χ2n) is 8.01. The maximum atomic E-state index is 6.16. The van der Waals surface area contributed by atoms with Gasteiger partial charge in [-0.15, -0.1) is 11.8 Å². The Labute approximate surface area is 139 Å². The van der Waals surface area contributed by atoms with Crippen LogP contribution in [0.3, 0.4) is 0 Å². The van der Waals surface area contributed by atoms with Crippen molar-refractivity contribution >= 4 is 11.8 Å². The molecular formula is C19H29NOS. The molecule has 1 saturated heterocycles. The first-order valence-electron chi connectivity index (χ1n) is 8.33. The lowest BCUT2D eigenvalue weighted by Crippen LogP contribution is -2.48. The number of hydrogen-bond acceptors (Lipinski definition) is 3. The van der Waals surface area contributed by atoms with Crippen molar-refractivity contribution in [3.8, 4) is 0 Å². The molecule has 22 heavy (non-hydrogen) atoms. The lowest BCUT2D eigenvalue weighted by molar-refractivity contribution is -0.182. The van der Waals surface area contributed by atoms with Crippen LogP contribution in [0.5, 0.6) is 0 Å². The average Bonchev–Trinajstić information content (AvgIpc) is 2.68. The van der Waals surface area contributed by atoms with E-state index in [0.717, 1.165) is 0 Å². The molecule has 1 aliphatic heterocycles. The van der Waals surface area contributed by atoms with Crippen molar-refractivity contribution in [3.63, 3.8) is 0 Å². The van der Waals surface area contributed by atoms with Gasteiger partial charge in [0.2, 0.25) is 0 Å². The van der Waals surface area contributed by atoms with E-state index in [1.165, 1.54) is 23.3 Å². The Kier molecular flexibility index (Phi) is 4.12. The van der Waals surface area contributed by atoms with Gasteiger partial charge in [0.05, 0.1) is 5.60 Å². The minimum atomic E-state index is -0.0609. The summed E-state index contributed by atoms with van der Waals surface area (Å²) in [4.78, 5) is 7.51. The normalized spacial score (nSPS) is 38.0. The molecule has 0 aromatic heterocycles. The molecule has 4 atom stereocenters. The first-order chi connectivity index (χ1) is 10.3. The lowest BCUT2D eigenvalue weighted by atomic mass is 9.59. The first kappa shape index (κ1) is 16.4. The summed E-state index contributed by atoms with van der Waals surface area (Å²) in [6.45, 7) is 9.35. The summed E-state index contributed by atoms with van der Waals surface area (Å²) in [5.41, 5.74) is 1.68. The molecule has 122 valence electrons. The van der Waals surface area contributed by atoms with Gasteiger partial charge in [0.1, 0.15) is 0 Å². The van der Waals surface area contributed by atoms with Gasteiger partial charge in [-0.3, -0.25) is 4.84 Å². The summed E-state index contributed by atoms with van der Waals surface area (Å²) in [7, 11) is 2.11. The SMILES string of the molecule is CSc1ccc([C@@]2(C)C[C@@H]3[C@@H]([C@@H](C)C2)N(C)OC3(C)C)cc1. The smallest absolute Gasteiger partial charge is 0.0887 e. The van der Waals surface area contributed by atoms with E-state index in [-0.39, 0.29) is 11.0 Å². The second kappa shape index (κ2) is 5.54. The van der Waals surface area contributed by atoms with E-state index < -0.39 is 0 Å². The molecule has 0 unspecified atom stereocenters. The van der Waals surface area contributed by atoms with Gasteiger partial charge in [0, 0.05) is 23.9 Å². The van der Waals surface area contributed by atoms with Crippen LogP contribution in [0, 0.1) is 11.8 Å². The molecule has 1 aliphatic carbocycles. The van der Waals surface area contributed by atoms with Gasteiger partial charge in [-0.25, -0.2) is 0 Å². The van der Waals surface area contributed by atoms with Gasteiger partial charge in [0.15, 0.2) is 0 Å². The van der Waals surface area contributed by atoms with Crippen molar-refractivity contribution in [2.75, 3.05) is 13.3 Å². The Morgan fingerprint density at radius 1 is 1.14 bits per heavy atom. The van der Waals surface area contributed by atoms with Crippen LogP contribution in [0.2, 0.25) is 0 Å². The predicted molar refractivity (Wildman–Crippen MR) is 94.2 cm³/mol. The Hall–Kier alpha value is -0.510. The highest BCUT2D eigenvalue weighted by atomic mass is 32.2. The van der Waals surface area contributed by atoms with Crippen LogP contribution in [0.1, 0.15) is 46.1 Å². The topological polar surface area (TPSA) is 12.5 Å². The number of rotatable bonds is 2. The van der Waals surface area contributed by atoms with E-state index in [0.29, 0.717) is 17.9 Å². The van der Waals surface area contributed by atoms with Crippen molar-refractivity contribution in [1.82, 2.24) is 5.06 Å². The molecular weight excluding hydrogens is 290 g/mol. The zero-order chi connectivity index (χ0) is 16.1. The van der Waals surface area contributed by atoms with Crippen LogP contribution in [-0.4, -0.2) is 30.0 Å². The van der Waals surface area contributed by atoms with E-state index >= 15 is 0 Å². The number of fused-ring (bicyclic) bond motifs is 1. The van der Waals surface area contributed by atoms with E-state index in [1.807, 2.05) is 11.8 Å². The molecule has 3 heteroatoms. The summed E-state index contributed by atoms with van der Waals surface area (Å²) in [6.07, 6.45) is 4.58. The van der Waals surface area contributed by atoms with Crippen molar-refractivity contribution in [3.05, 3.63) is 29.8 Å². The fraction of sp³-hybridized carbons (Fsp3) is 0.684. The van der Waals surface area contributed by atoms with Gasteiger partial charge in [-0.2, -0.15) is 5.06 Å². The Bertz CT molecular complexity index is 541. The molecule has 0 N–H and O–H groups in total. The van der Waals surface area contributed by atoms with Gasteiger partial charge in [-0.1, -0.05) is 26.0 Å². The van der Waals surface area contributed by atoms with Crippen LogP contribution in [0.4, 0.5) is 0 Å². The fourth-order valence-electron chi connectivity index (χ4n) is 4.91. The quantitative estimate of drug-likeness (QED) is 0.731. The van der Waals surface area contributed by atoms with Crippen molar-refractivity contribution in [2.24, 2.45) is 11.8 Å². The summed E-state index contributed by atoms with van der Waals surface area (Å²) in [6, 6.07) is 9.76. The van der Waals surface area contributed by atoms with Crippen LogP contribution >= 0.6 is 11.8 Å². The standard InChI is InChI=1S/C19H29NOS/c1-13-11-19(4,14-7-9-15(22-6)10-8-14)12-16-17(13)20(5)21-18(16,2)3/h7-10,13,16-17H,11-12H2,1-6H3/t13-,16+,17+,19+/m0/s1. The first-order valence-corrected chi connectivity index (χ1v) is 9.56. The summed E-state index contributed by atoms with van der Waals surface area (Å²) in [5, 5.41) is 2.13. The van der Waals surface area contributed by atoms with Crippen LogP contribution in [-0.2, 0) is 10.3 Å². The highest BCUT2D eigenvalue weighted by Crippen LogP contribution is 2.53. The van der Waals surface area contributed by atoms with E-state index in [1.54, 1.807) is 0 Å². The third kappa shape index (κ3) is 2.61. The van der Waals surface area contributed by atoms with E-state index in [4.69, 9.17) is 4.84 Å². The largest absolute Gasteiger partial charge is 0.293 e. The molecule has 0 bridgehead atoms. The minimum absolute atomic E-state index is 0.0609. The second-order valence-corrected chi connectivity index (χ2v) is 8.89. The summed E-state index contributed by atoms with van der Waals surface area (Å²) in [5.74, 6) is 1.24. The lowest BCUT2D eigenvalue weighted by Gasteiger charge is -2.46.